The molecule has 0 saturated carbocycles. The normalized spacial score (nSPS) is 21.4. The lowest BCUT2D eigenvalue weighted by Crippen LogP contribution is -2.52. The molecular weight excluding hydrogens is 375 g/mol. The molecule has 1 amide bonds. The van der Waals surface area contributed by atoms with E-state index >= 15 is 0 Å². The van der Waals surface area contributed by atoms with Crippen molar-refractivity contribution in [2.24, 2.45) is 0 Å². The number of thiophene rings is 1. The zero-order chi connectivity index (χ0) is 19.6. The van der Waals surface area contributed by atoms with Gasteiger partial charge in [0.05, 0.1) is 12.6 Å². The maximum absolute atomic E-state index is 13.4. The van der Waals surface area contributed by atoms with Crippen LogP contribution in [0.3, 0.4) is 0 Å². The Labute approximate surface area is 169 Å². The first kappa shape index (κ1) is 19.6. The molecule has 2 aliphatic rings. The summed E-state index contributed by atoms with van der Waals surface area (Å²) in [5.41, 5.74) is 1.99. The summed E-state index contributed by atoms with van der Waals surface area (Å²) in [6.07, 6.45) is 3.41. The summed E-state index contributed by atoms with van der Waals surface area (Å²) in [5, 5.41) is 5.67. The topological polar surface area (TPSA) is 41.6 Å². The largest absolute Gasteiger partial charge is 0.381 e. The molecule has 1 atom stereocenters. The summed E-state index contributed by atoms with van der Waals surface area (Å²) in [4.78, 5) is 16.6. The summed E-state index contributed by atoms with van der Waals surface area (Å²) in [7, 11) is 0. The monoisotopic (exact) mass is 402 g/mol. The number of hydrogen-bond donors (Lipinski definition) is 1. The van der Waals surface area contributed by atoms with Crippen LogP contribution in [0, 0.1) is 5.82 Å². The summed E-state index contributed by atoms with van der Waals surface area (Å²) in [6, 6.07) is 8.97. The van der Waals surface area contributed by atoms with Crippen molar-refractivity contribution in [2.75, 3.05) is 26.3 Å². The maximum atomic E-state index is 13.4. The standard InChI is InChI=1S/C22H27FN2O2S/c1-2-19-18-8-14-28-20(18)7-11-25(19)21(26)15-24-22(9-12-27-13-10-22)16-3-5-17(23)6-4-16/h3-6,8,14,19,24H,2,7,9-13,15H2,1H3. The summed E-state index contributed by atoms with van der Waals surface area (Å²) >= 11 is 1.79. The zero-order valence-corrected chi connectivity index (χ0v) is 17.1. The van der Waals surface area contributed by atoms with Crippen LogP contribution in [0.1, 0.15) is 48.2 Å². The number of carbonyl (C=O) groups is 1. The molecule has 0 spiro atoms. The molecule has 0 aliphatic carbocycles. The van der Waals surface area contributed by atoms with E-state index in [4.69, 9.17) is 4.74 Å². The first-order chi connectivity index (χ1) is 13.6. The van der Waals surface area contributed by atoms with Gasteiger partial charge in [-0.25, -0.2) is 4.39 Å². The highest BCUT2D eigenvalue weighted by molar-refractivity contribution is 7.10. The Morgan fingerprint density at radius 3 is 2.75 bits per heavy atom. The van der Waals surface area contributed by atoms with Crippen LogP contribution in [0.15, 0.2) is 35.7 Å². The van der Waals surface area contributed by atoms with E-state index < -0.39 is 0 Å². The third kappa shape index (κ3) is 3.73. The maximum Gasteiger partial charge on any atom is 0.237 e. The van der Waals surface area contributed by atoms with Crippen molar-refractivity contribution in [1.82, 2.24) is 10.2 Å². The van der Waals surface area contributed by atoms with E-state index in [9.17, 15) is 9.18 Å². The van der Waals surface area contributed by atoms with Gasteiger partial charge in [-0.1, -0.05) is 19.1 Å². The number of benzene rings is 1. The highest BCUT2D eigenvalue weighted by atomic mass is 32.1. The lowest BCUT2D eigenvalue weighted by Gasteiger charge is -2.40. The number of rotatable bonds is 5. The van der Waals surface area contributed by atoms with E-state index in [1.165, 1.54) is 22.6 Å². The van der Waals surface area contributed by atoms with Crippen molar-refractivity contribution in [3.8, 4) is 0 Å². The average molecular weight is 403 g/mol. The first-order valence-corrected chi connectivity index (χ1v) is 11.0. The molecule has 4 nitrogen and oxygen atoms in total. The Balaban J connectivity index is 1.49. The molecule has 2 aromatic rings. The molecule has 3 heterocycles. The minimum atomic E-state index is -0.341. The van der Waals surface area contributed by atoms with Gasteiger partial charge in [0.2, 0.25) is 5.91 Å². The highest BCUT2D eigenvalue weighted by Crippen LogP contribution is 2.36. The minimum absolute atomic E-state index is 0.136. The van der Waals surface area contributed by atoms with Crippen LogP contribution in [-0.2, 0) is 21.5 Å². The quantitative estimate of drug-likeness (QED) is 0.821. The number of hydrogen-bond acceptors (Lipinski definition) is 4. The number of carbonyl (C=O) groups excluding carboxylic acids is 1. The van der Waals surface area contributed by atoms with Crippen molar-refractivity contribution in [3.63, 3.8) is 0 Å². The number of ether oxygens (including phenoxy) is 1. The third-order valence-electron chi connectivity index (χ3n) is 6.12. The van der Waals surface area contributed by atoms with Crippen LogP contribution in [0.4, 0.5) is 4.39 Å². The van der Waals surface area contributed by atoms with Gasteiger partial charge in [-0.3, -0.25) is 10.1 Å². The molecule has 4 rings (SSSR count). The molecule has 1 N–H and O–H groups in total. The van der Waals surface area contributed by atoms with Crippen LogP contribution in [-0.4, -0.2) is 37.1 Å². The Morgan fingerprint density at radius 2 is 2.04 bits per heavy atom. The second-order valence-electron chi connectivity index (χ2n) is 7.62. The van der Waals surface area contributed by atoms with E-state index in [1.54, 1.807) is 11.3 Å². The molecule has 1 unspecified atom stereocenters. The Kier molecular flexibility index (Phi) is 5.80. The van der Waals surface area contributed by atoms with Crippen LogP contribution in [0.5, 0.6) is 0 Å². The summed E-state index contributed by atoms with van der Waals surface area (Å²) in [5.74, 6) is -0.107. The van der Waals surface area contributed by atoms with Gasteiger partial charge in [-0.15, -0.1) is 11.3 Å². The SMILES string of the molecule is CCC1c2ccsc2CCN1C(=O)CNC1(c2ccc(F)cc2)CCOCC1. The Hall–Kier alpha value is -1.76. The predicted molar refractivity (Wildman–Crippen MR) is 109 cm³/mol. The van der Waals surface area contributed by atoms with E-state index in [2.05, 4.69) is 23.7 Å². The van der Waals surface area contributed by atoms with Crippen LogP contribution >= 0.6 is 11.3 Å². The summed E-state index contributed by atoms with van der Waals surface area (Å²) in [6.45, 7) is 4.48. The van der Waals surface area contributed by atoms with Crippen molar-refractivity contribution < 1.29 is 13.9 Å². The van der Waals surface area contributed by atoms with E-state index in [0.29, 0.717) is 13.2 Å². The Bertz CT molecular complexity index is 814. The number of nitrogens with zero attached hydrogens (tertiary/aromatic N) is 1. The number of fused-ring (bicyclic) bond motifs is 1. The smallest absolute Gasteiger partial charge is 0.237 e. The second-order valence-corrected chi connectivity index (χ2v) is 8.62. The highest BCUT2D eigenvalue weighted by Gasteiger charge is 2.36. The van der Waals surface area contributed by atoms with E-state index in [-0.39, 0.29) is 29.8 Å². The molecular formula is C22H27FN2O2S. The van der Waals surface area contributed by atoms with Gasteiger partial charge in [-0.2, -0.15) is 0 Å². The molecule has 2 aliphatic heterocycles. The van der Waals surface area contributed by atoms with E-state index in [0.717, 1.165) is 37.8 Å². The first-order valence-electron chi connectivity index (χ1n) is 10.1. The molecule has 28 heavy (non-hydrogen) atoms. The molecule has 1 saturated heterocycles. The van der Waals surface area contributed by atoms with Gasteiger partial charge >= 0.3 is 0 Å². The van der Waals surface area contributed by atoms with Gasteiger partial charge in [0, 0.05) is 30.2 Å². The minimum Gasteiger partial charge on any atom is -0.381 e. The number of halogens is 1. The number of nitrogens with one attached hydrogen (secondary N) is 1. The molecule has 6 heteroatoms. The molecule has 150 valence electrons. The molecule has 0 bridgehead atoms. The van der Waals surface area contributed by atoms with Crippen molar-refractivity contribution in [3.05, 3.63) is 57.5 Å². The van der Waals surface area contributed by atoms with E-state index in [1.807, 2.05) is 17.0 Å². The van der Waals surface area contributed by atoms with Gasteiger partial charge < -0.3 is 9.64 Å². The van der Waals surface area contributed by atoms with Crippen molar-refractivity contribution in [2.45, 2.75) is 44.2 Å². The molecule has 0 radical (unpaired) electrons. The average Bonchev–Trinajstić information content (AvgIpc) is 3.21. The predicted octanol–water partition coefficient (Wildman–Crippen LogP) is 4.02. The lowest BCUT2D eigenvalue weighted by atomic mass is 9.82. The number of amides is 1. The Morgan fingerprint density at radius 1 is 1.29 bits per heavy atom. The van der Waals surface area contributed by atoms with Crippen LogP contribution < -0.4 is 5.32 Å². The van der Waals surface area contributed by atoms with Crippen LogP contribution in [0.25, 0.3) is 0 Å². The van der Waals surface area contributed by atoms with Crippen molar-refractivity contribution in [1.29, 1.82) is 0 Å². The van der Waals surface area contributed by atoms with Crippen LogP contribution in [0.2, 0.25) is 0 Å². The zero-order valence-electron chi connectivity index (χ0n) is 16.2. The fourth-order valence-electron chi connectivity index (χ4n) is 4.54. The second kappa shape index (κ2) is 8.31. The van der Waals surface area contributed by atoms with Gasteiger partial charge in [0.15, 0.2) is 0 Å². The van der Waals surface area contributed by atoms with Gasteiger partial charge in [0.25, 0.3) is 0 Å². The fourth-order valence-corrected chi connectivity index (χ4v) is 5.47. The fraction of sp³-hybridized carbons (Fsp3) is 0.500. The summed E-state index contributed by atoms with van der Waals surface area (Å²) < 4.78 is 19.0. The van der Waals surface area contributed by atoms with Gasteiger partial charge in [-0.05, 0) is 60.4 Å². The van der Waals surface area contributed by atoms with Crippen molar-refractivity contribution >= 4 is 17.2 Å². The van der Waals surface area contributed by atoms with Gasteiger partial charge in [0.1, 0.15) is 5.82 Å². The molecule has 1 aromatic carbocycles. The molecule has 1 fully saturated rings. The third-order valence-corrected chi connectivity index (χ3v) is 7.12. The lowest BCUT2D eigenvalue weighted by molar-refractivity contribution is -0.134. The molecule has 1 aromatic heterocycles.